The number of allylic oxidation sites excluding steroid dienone is 16. The molecule has 2 aromatic carbocycles. The number of halogens is 2. The molecule has 0 radical (unpaired) electrons. The standard InChI is InChI=1S/C29H37.C15H14.C5H5.2BrH.Zr/c1-21-14-13-15-22-20-27(6)25(4)18-10-9-16-23(25,2)24(3)17-11-12-19-26(24,5)29(27,8)28(21,22)7;1-3-8-14(9-4-1)12-7-13-15-10-5-2-6-11-15;1-2-4-5-3-1;;;/h9-20,22H,1-8H3;1-6,8-11H,12-13H2;1-3H,4H2;2*1H;/q-1;;-1;;;+2/p-2. The van der Waals surface area contributed by atoms with E-state index in [-0.39, 0.29) is 71.9 Å². The topological polar surface area (TPSA) is 0 Å². The van der Waals surface area contributed by atoms with Crippen LogP contribution in [0.2, 0.25) is 0 Å². The molecule has 2 saturated carbocycles. The van der Waals surface area contributed by atoms with Crippen LogP contribution in [-0.4, -0.2) is 3.21 Å². The van der Waals surface area contributed by atoms with Crippen LogP contribution in [0, 0.1) is 56.3 Å². The van der Waals surface area contributed by atoms with Crippen LogP contribution in [0.3, 0.4) is 0 Å². The molecule has 0 saturated heterocycles. The quantitative estimate of drug-likeness (QED) is 0.324. The van der Waals surface area contributed by atoms with Crippen LogP contribution in [0.5, 0.6) is 0 Å². The molecule has 0 spiro atoms. The van der Waals surface area contributed by atoms with E-state index < -0.39 is 0 Å². The minimum atomic E-state index is 0. The van der Waals surface area contributed by atoms with Gasteiger partial charge in [-0.1, -0.05) is 115 Å². The summed E-state index contributed by atoms with van der Waals surface area (Å²) in [5.41, 5.74) is 4.58. The number of rotatable bonds is 4. The van der Waals surface area contributed by atoms with Crippen LogP contribution in [0.25, 0.3) is 0 Å². The molecule has 8 rings (SSSR count). The fourth-order valence-electron chi connectivity index (χ4n) is 11.3. The number of fused-ring (bicyclic) bond motifs is 8. The summed E-state index contributed by atoms with van der Waals surface area (Å²) in [4.78, 5) is 0. The Morgan fingerprint density at radius 1 is 0.673 bits per heavy atom. The summed E-state index contributed by atoms with van der Waals surface area (Å²) in [5.74, 6) is 0.460. The molecule has 0 bridgehead atoms. The first-order valence-corrected chi connectivity index (χ1v) is 19.8. The zero-order valence-electron chi connectivity index (χ0n) is 32.4. The van der Waals surface area contributed by atoms with Gasteiger partial charge in [0.1, 0.15) is 0 Å². The van der Waals surface area contributed by atoms with Gasteiger partial charge in [0.2, 0.25) is 0 Å². The molecule has 6 aliphatic carbocycles. The number of hydrogen-bond acceptors (Lipinski definition) is 0. The Kier molecular flexibility index (Phi) is 13.2. The van der Waals surface area contributed by atoms with E-state index in [1.807, 2.05) is 12.2 Å². The van der Waals surface area contributed by atoms with Crippen LogP contribution in [-0.2, 0) is 37.1 Å². The van der Waals surface area contributed by atoms with Gasteiger partial charge in [-0.05, 0) is 28.6 Å². The fourth-order valence-corrected chi connectivity index (χ4v) is 12.3. The number of hydrogen-bond donors (Lipinski definition) is 0. The molecule has 0 N–H and O–H groups in total. The summed E-state index contributed by atoms with van der Waals surface area (Å²) in [6.45, 7) is 20.3. The van der Waals surface area contributed by atoms with Gasteiger partial charge in [0.25, 0.3) is 0 Å². The normalized spacial score (nSPS) is 37.7. The molecule has 2 fully saturated rings. The minimum absolute atomic E-state index is 0. The van der Waals surface area contributed by atoms with Crippen molar-refractivity contribution in [3.8, 4) is 0 Å². The number of benzene rings is 2. The first-order chi connectivity index (χ1) is 23.7. The van der Waals surface area contributed by atoms with Gasteiger partial charge in [-0.25, -0.2) is 12.2 Å². The average molecular weight is 896 g/mol. The van der Waals surface area contributed by atoms with Gasteiger partial charge in [0.05, 0.1) is 0 Å². The zero-order valence-corrected chi connectivity index (χ0v) is 38.0. The Labute approximate surface area is 352 Å². The van der Waals surface area contributed by atoms with E-state index >= 15 is 0 Å². The van der Waals surface area contributed by atoms with Crippen LogP contribution in [0.15, 0.2) is 151 Å². The second-order valence-electron chi connectivity index (χ2n) is 16.6. The van der Waals surface area contributed by atoms with Gasteiger partial charge < -0.3 is 40.4 Å². The molecule has 0 aromatic heterocycles. The third-order valence-corrected chi connectivity index (χ3v) is 16.0. The van der Waals surface area contributed by atoms with Crippen molar-refractivity contribution in [2.75, 3.05) is 0 Å². The predicted octanol–water partition coefficient (Wildman–Crippen LogP) is 6.15. The maximum atomic E-state index is 2.99. The third-order valence-electron chi connectivity index (χ3n) is 15.1. The van der Waals surface area contributed by atoms with E-state index in [0.29, 0.717) is 5.92 Å². The van der Waals surface area contributed by atoms with Crippen molar-refractivity contribution in [1.82, 2.24) is 0 Å². The van der Waals surface area contributed by atoms with Crippen molar-refractivity contribution in [2.24, 2.45) is 43.8 Å². The van der Waals surface area contributed by atoms with Crippen molar-refractivity contribution >= 4 is 3.21 Å². The van der Waals surface area contributed by atoms with E-state index in [4.69, 9.17) is 0 Å². The average Bonchev–Trinajstić information content (AvgIpc) is 3.75. The molecule has 6 aliphatic rings. The van der Waals surface area contributed by atoms with Gasteiger partial charge in [-0.2, -0.15) is 6.08 Å². The molecule has 52 heavy (non-hydrogen) atoms. The van der Waals surface area contributed by atoms with Crippen molar-refractivity contribution < 1.29 is 58.2 Å². The summed E-state index contributed by atoms with van der Waals surface area (Å²) in [6, 6.07) is 21.4. The molecular weight excluding hydrogens is 840 g/mol. The fraction of sp³-hybridized carbons (Fsp3) is 0.388. The SMILES string of the molecule is CC1=CC=CC2[CH-]C3(C)C4(C)C=CC=CC4(C)C4(C)C=CC=CC4(C)C3(C)C12C.[Br-].[Br-].[C-]1=CC=CC1.[Zr+2]=[C](Cc1ccccc1)Cc1ccccc1. The molecule has 0 heterocycles. The van der Waals surface area contributed by atoms with Gasteiger partial charge >= 0.3 is 112 Å². The zero-order chi connectivity index (χ0) is 35.9. The predicted molar refractivity (Wildman–Crippen MR) is 211 cm³/mol. The maximum absolute atomic E-state index is 2.99. The summed E-state index contributed by atoms with van der Waals surface area (Å²) < 4.78 is 1.60. The van der Waals surface area contributed by atoms with Crippen molar-refractivity contribution in [2.45, 2.75) is 74.7 Å². The molecule has 0 aliphatic heterocycles. The van der Waals surface area contributed by atoms with E-state index in [2.05, 4.69) is 201 Å². The summed E-state index contributed by atoms with van der Waals surface area (Å²) in [7, 11) is 0. The Morgan fingerprint density at radius 2 is 1.15 bits per heavy atom. The summed E-state index contributed by atoms with van der Waals surface area (Å²) in [5, 5.41) is 0. The molecule has 0 nitrogen and oxygen atoms in total. The Balaban J connectivity index is 0.000000221. The molecule has 2 aromatic rings. The first-order valence-electron chi connectivity index (χ1n) is 18.6. The van der Waals surface area contributed by atoms with Gasteiger partial charge in [-0.15, -0.1) is 23.8 Å². The van der Waals surface area contributed by atoms with Crippen LogP contribution >= 0.6 is 0 Å². The second kappa shape index (κ2) is 16.0. The second-order valence-corrected chi connectivity index (χ2v) is 18.4. The van der Waals surface area contributed by atoms with E-state index in [1.54, 1.807) is 27.4 Å². The van der Waals surface area contributed by atoms with Crippen LogP contribution in [0.4, 0.5) is 0 Å². The molecule has 3 heteroatoms. The molecule has 272 valence electrons. The van der Waals surface area contributed by atoms with E-state index in [9.17, 15) is 0 Å². The van der Waals surface area contributed by atoms with Crippen LogP contribution in [0.1, 0.15) is 72.9 Å². The molecule has 8 atom stereocenters. The summed E-state index contributed by atoms with van der Waals surface area (Å²) >= 11 is 1.55. The van der Waals surface area contributed by atoms with Crippen molar-refractivity contribution in [1.29, 1.82) is 0 Å². The summed E-state index contributed by atoms with van der Waals surface area (Å²) in [6.07, 6.45) is 41.5. The Hall–Kier alpha value is -1.93. The molecular formula is C49H56Br2Zr-2. The Morgan fingerprint density at radius 3 is 1.62 bits per heavy atom. The van der Waals surface area contributed by atoms with Gasteiger partial charge in [0.15, 0.2) is 0 Å². The first kappa shape index (κ1) is 42.8. The monoisotopic (exact) mass is 892 g/mol. The van der Waals surface area contributed by atoms with Gasteiger partial charge in [0, 0.05) is 10.8 Å². The van der Waals surface area contributed by atoms with Crippen LogP contribution < -0.4 is 34.0 Å². The van der Waals surface area contributed by atoms with Gasteiger partial charge in [-0.3, -0.25) is 6.08 Å². The van der Waals surface area contributed by atoms with E-state index in [0.717, 1.165) is 19.3 Å². The third kappa shape index (κ3) is 6.20. The molecule has 0 amide bonds. The van der Waals surface area contributed by atoms with E-state index in [1.165, 1.54) is 16.7 Å². The Bertz CT molecular complexity index is 1790. The molecule has 8 unspecified atom stereocenters. The van der Waals surface area contributed by atoms with Crippen molar-refractivity contribution in [3.63, 3.8) is 0 Å². The van der Waals surface area contributed by atoms with Crippen molar-refractivity contribution in [3.05, 3.63) is 175 Å².